The molecular formula is C58H94O41S2. The number of carbonyl (C=O) groups is 4. The van der Waals surface area contributed by atoms with Crippen LogP contribution in [0.1, 0.15) is 33.1 Å². The van der Waals surface area contributed by atoms with Crippen molar-refractivity contribution >= 4 is 47.2 Å². The summed E-state index contributed by atoms with van der Waals surface area (Å²) < 4.78 is 92.6. The summed E-state index contributed by atoms with van der Waals surface area (Å²) in [6.07, 6.45) is -73.0. The second kappa shape index (κ2) is 38.5. The minimum Gasteiger partial charge on any atom is -0.481 e. The molecule has 21 fully saturated rings. The van der Waals surface area contributed by atoms with Gasteiger partial charge in [0.1, 0.15) is 171 Å². The van der Waals surface area contributed by atoms with Gasteiger partial charge in [-0.1, -0.05) is 6.92 Å². The zero-order valence-corrected chi connectivity index (χ0v) is 56.0. The summed E-state index contributed by atoms with van der Waals surface area (Å²) in [5.41, 5.74) is 0. The third-order valence-corrected chi connectivity index (χ3v) is 20.8. The number of Topliss-reactive ketones (excluding diaryl/α,β-unsaturated/α-hetero) is 1. The van der Waals surface area contributed by atoms with E-state index in [1.54, 1.807) is 6.92 Å². The lowest BCUT2D eigenvalue weighted by atomic mass is 9.95. The first kappa shape index (κ1) is 84.0. The Bertz CT molecular complexity index is 2570. The molecule has 0 saturated carbocycles. The van der Waals surface area contributed by atoms with Crippen molar-refractivity contribution in [2.24, 2.45) is 11.8 Å². The van der Waals surface area contributed by atoms with Crippen LogP contribution in [0.4, 0.5) is 0 Å². The fraction of sp³-hybridized carbons (Fsp3) is 0.931. The van der Waals surface area contributed by atoms with Gasteiger partial charge in [0.05, 0.1) is 70.3 Å². The Kier molecular flexibility index (Phi) is 32.0. The number of rotatable bonds is 24. The molecule has 21 aliphatic heterocycles. The number of ketones is 1. The molecular weight excluding hydrogens is 1420 g/mol. The quantitative estimate of drug-likeness (QED) is 0.0315. The summed E-state index contributed by atoms with van der Waals surface area (Å²) in [4.78, 5) is 48.5. The van der Waals surface area contributed by atoms with Crippen molar-refractivity contribution in [3.05, 3.63) is 0 Å². The Morgan fingerprint density at radius 2 is 0.594 bits per heavy atom. The van der Waals surface area contributed by atoms with Crippen LogP contribution in [0.25, 0.3) is 0 Å². The molecule has 21 heterocycles. The third-order valence-electron chi connectivity index (χ3n) is 18.3. The highest BCUT2D eigenvalue weighted by atomic mass is 32.2. The maximum atomic E-state index is 12.9. The predicted octanol–water partition coefficient (Wildman–Crippen LogP) is -12.0. The molecule has 14 bridgehead atoms. The van der Waals surface area contributed by atoms with Gasteiger partial charge < -0.3 is 183 Å². The molecule has 21 aliphatic rings. The number of esters is 1. The lowest BCUT2D eigenvalue weighted by molar-refractivity contribution is -0.395. The van der Waals surface area contributed by atoms with Gasteiger partial charge in [-0.3, -0.25) is 19.2 Å². The van der Waals surface area contributed by atoms with Crippen LogP contribution in [-0.4, -0.2) is 422 Å². The highest BCUT2D eigenvalue weighted by Crippen LogP contribution is 2.40. The van der Waals surface area contributed by atoms with E-state index in [2.05, 4.69) is 0 Å². The molecule has 41 nitrogen and oxygen atoms in total. The Hall–Kier alpha value is -2.58. The van der Waals surface area contributed by atoms with E-state index in [1.165, 1.54) is 6.92 Å². The van der Waals surface area contributed by atoms with Crippen LogP contribution in [0.2, 0.25) is 0 Å². The minimum atomic E-state index is -2.31. The molecule has 0 spiro atoms. The van der Waals surface area contributed by atoms with E-state index >= 15 is 0 Å². The SMILES string of the molecule is CCC(CSCC1O[C@@H]2O[C@H]3C(CO)O[C@@H](O[C@H]4C(CO)O[C@@H](O[C@H]5C(CO)O[C@@H](O[C@H]6C(CSCC(CC(=O)CCOCCOC(C)=O)C(=O)O)O[C@@H](O[C@H]7C(CO)O[C@H](O[C@H]8C(CO)O[C@H](O[C@@H]1[C@H](O)C2O)C(O)[C@H]8O)C(O)[C@H]7O)C(O)[C@H]6O)C(O)[C@H]5O)C(O)[C@H]4O)C(O)[C@H]3O)C(=O)O. The lowest BCUT2D eigenvalue weighted by Gasteiger charge is -2.50. The fourth-order valence-corrected chi connectivity index (χ4v) is 15.0. The Morgan fingerprint density at radius 3 is 0.832 bits per heavy atom. The largest absolute Gasteiger partial charge is 0.481 e. The van der Waals surface area contributed by atoms with Crippen LogP contribution in [0.3, 0.4) is 0 Å². The molecule has 0 aromatic heterocycles. The first-order valence-electron chi connectivity index (χ1n) is 32.6. The summed E-state index contributed by atoms with van der Waals surface area (Å²) in [6, 6.07) is 0. The summed E-state index contributed by atoms with van der Waals surface area (Å²) in [5, 5.41) is 237. The number of aliphatic hydroxyl groups is 19. The molecule has 0 amide bonds. The van der Waals surface area contributed by atoms with Gasteiger partial charge in [-0.15, -0.1) is 0 Å². The third kappa shape index (κ3) is 20.0. The number of ether oxygens (including phenoxy) is 16. The molecule has 101 heavy (non-hydrogen) atoms. The second-order valence-corrected chi connectivity index (χ2v) is 27.4. The smallest absolute Gasteiger partial charge is 0.307 e. The number of aliphatic hydroxyl groups excluding tert-OH is 19. The minimum absolute atomic E-state index is 0.0578. The molecule has 584 valence electrons. The van der Waals surface area contributed by atoms with Crippen molar-refractivity contribution in [1.29, 1.82) is 0 Å². The second-order valence-electron chi connectivity index (χ2n) is 25.3. The molecule has 21 saturated heterocycles. The van der Waals surface area contributed by atoms with Gasteiger partial charge in [0.25, 0.3) is 0 Å². The van der Waals surface area contributed by atoms with Crippen LogP contribution >= 0.6 is 23.5 Å². The summed E-state index contributed by atoms with van der Waals surface area (Å²) in [6.45, 7) is -3.07. The summed E-state index contributed by atoms with van der Waals surface area (Å²) in [5.74, 6) is -7.31. The fourth-order valence-electron chi connectivity index (χ4n) is 12.5. The lowest BCUT2D eigenvalue weighted by Crippen LogP contribution is -2.68. The van der Waals surface area contributed by atoms with Crippen LogP contribution < -0.4 is 0 Å². The van der Waals surface area contributed by atoms with E-state index in [0.717, 1.165) is 23.5 Å². The van der Waals surface area contributed by atoms with Crippen LogP contribution in [0.15, 0.2) is 0 Å². The normalized spacial score (nSPS) is 45.5. The molecule has 21 N–H and O–H groups in total. The first-order valence-corrected chi connectivity index (χ1v) is 34.9. The highest BCUT2D eigenvalue weighted by molar-refractivity contribution is 7.99. The average Bonchev–Trinajstić information content (AvgIpc) is 0.787. The molecule has 0 radical (unpaired) electrons. The van der Waals surface area contributed by atoms with Crippen molar-refractivity contribution in [2.75, 3.05) is 75.9 Å². The van der Waals surface area contributed by atoms with Gasteiger partial charge in [0.2, 0.25) is 0 Å². The van der Waals surface area contributed by atoms with Gasteiger partial charge in [-0.25, -0.2) is 0 Å². The molecule has 0 aliphatic carbocycles. The van der Waals surface area contributed by atoms with Gasteiger partial charge in [0.15, 0.2) is 44.0 Å². The van der Waals surface area contributed by atoms with Gasteiger partial charge >= 0.3 is 17.9 Å². The Balaban J connectivity index is 1.09. The molecule has 0 aromatic carbocycles. The van der Waals surface area contributed by atoms with Gasteiger partial charge in [-0.2, -0.15) is 23.5 Å². The van der Waals surface area contributed by atoms with Crippen molar-refractivity contribution in [3.63, 3.8) is 0 Å². The molecule has 37 atom stereocenters. The number of carboxylic acid groups (broad SMARTS) is 2. The number of hydrogen-bond donors (Lipinski definition) is 21. The van der Waals surface area contributed by atoms with E-state index in [1.807, 2.05) is 0 Å². The predicted molar refractivity (Wildman–Crippen MR) is 323 cm³/mol. The van der Waals surface area contributed by atoms with Gasteiger partial charge in [0, 0.05) is 42.8 Å². The zero-order chi connectivity index (χ0) is 74.0. The van der Waals surface area contributed by atoms with Crippen molar-refractivity contribution in [3.8, 4) is 0 Å². The average molecular weight is 1510 g/mol. The number of carbonyl (C=O) groups excluding carboxylic acids is 2. The van der Waals surface area contributed by atoms with E-state index in [9.17, 15) is 126 Å². The molecule has 16 unspecified atom stereocenters. The number of carboxylic acids is 2. The van der Waals surface area contributed by atoms with E-state index in [0.29, 0.717) is 0 Å². The van der Waals surface area contributed by atoms with Crippen molar-refractivity contribution < 1.29 is 202 Å². The van der Waals surface area contributed by atoms with Crippen LogP contribution in [-0.2, 0) is 95.0 Å². The van der Waals surface area contributed by atoms with E-state index in [-0.39, 0.29) is 49.9 Å². The van der Waals surface area contributed by atoms with E-state index in [4.69, 9.17) is 75.8 Å². The van der Waals surface area contributed by atoms with Crippen molar-refractivity contribution in [2.45, 2.75) is 248 Å². The maximum absolute atomic E-state index is 12.9. The highest BCUT2D eigenvalue weighted by Gasteiger charge is 2.60. The van der Waals surface area contributed by atoms with Gasteiger partial charge in [-0.05, 0) is 6.42 Å². The topological polar surface area (TPSA) is 641 Å². The van der Waals surface area contributed by atoms with Crippen LogP contribution in [0.5, 0.6) is 0 Å². The van der Waals surface area contributed by atoms with Crippen LogP contribution in [0, 0.1) is 11.8 Å². The number of hydrogen-bond acceptors (Lipinski definition) is 41. The van der Waals surface area contributed by atoms with Crippen molar-refractivity contribution in [1.82, 2.24) is 0 Å². The standard InChI is InChI=1S/C58H94O41S2/c1-3-19(50(80)81)14-100-16-27-48-34(71)41(78)57(91-27)96-46-25(12-62)87-53(37(74)30(46)67)93-43-22(9-59)86-52(36(73)29(43)66)94-44-24(11-61)90-56(40(77)33(44)70)99-49-28(17-101-15-20(51(82)83)8-21(65)4-5-84-6-7-85-18(2)64)92-58(42(79)35(49)72)97-47-26(13-63)88-54(38(75)31(47)68)95-45-23(10-60)89-55(98-48)39(76)32(45)69/h19-20,22-49,52-63,66-79H,3-17H2,1-2H3,(H,80,81)(H,82,83)/t19?,20?,22?,23?,24?,25?,26?,27?,28?,29-,30-,31-,32-,33-,34-,35-,36?,37?,38?,39?,40?,41?,42?,43+,44+,45+,46+,47+,48+,49+,52+,53+,54-,55-,56+,57-,58+/m1/s1. The summed E-state index contributed by atoms with van der Waals surface area (Å²) in [7, 11) is 0. The zero-order valence-electron chi connectivity index (χ0n) is 54.3. The Morgan fingerprint density at radius 1 is 0.347 bits per heavy atom. The molecule has 21 rings (SSSR count). The monoisotopic (exact) mass is 1510 g/mol. The number of thioether (sulfide) groups is 2. The molecule has 43 heteroatoms. The maximum Gasteiger partial charge on any atom is 0.307 e. The number of aliphatic carboxylic acids is 2. The Labute approximate surface area is 583 Å². The van der Waals surface area contributed by atoms with E-state index < -0.39 is 296 Å². The first-order chi connectivity index (χ1) is 48.0. The summed E-state index contributed by atoms with van der Waals surface area (Å²) >= 11 is 1.71. The molecule has 0 aromatic rings.